The number of amides is 2. The van der Waals surface area contributed by atoms with Crippen molar-refractivity contribution in [2.24, 2.45) is 0 Å². The van der Waals surface area contributed by atoms with Gasteiger partial charge in [-0.05, 0) is 72.1 Å². The van der Waals surface area contributed by atoms with Gasteiger partial charge in [-0.15, -0.1) is 11.8 Å². The lowest BCUT2D eigenvalue weighted by molar-refractivity contribution is -0.137. The van der Waals surface area contributed by atoms with Gasteiger partial charge in [-0.25, -0.2) is 8.42 Å². The molecule has 2 amide bonds. The molecule has 44 heavy (non-hydrogen) atoms. The molecular formula is C31H25ClF3N3O4S2. The van der Waals surface area contributed by atoms with Gasteiger partial charge in [-0.1, -0.05) is 54.1 Å². The Labute approximate surface area is 261 Å². The number of nitrogens with one attached hydrogen (secondary N) is 2. The van der Waals surface area contributed by atoms with E-state index in [-0.39, 0.29) is 21.9 Å². The van der Waals surface area contributed by atoms with Gasteiger partial charge < -0.3 is 10.2 Å². The number of hydrogen-bond acceptors (Lipinski definition) is 5. The van der Waals surface area contributed by atoms with Crippen LogP contribution in [0.15, 0.2) is 102 Å². The zero-order valence-corrected chi connectivity index (χ0v) is 25.2. The van der Waals surface area contributed by atoms with E-state index in [1.807, 2.05) is 47.4 Å². The summed E-state index contributed by atoms with van der Waals surface area (Å²) in [7, 11) is -4.23. The van der Waals surface area contributed by atoms with Gasteiger partial charge in [0.05, 0.1) is 21.2 Å². The van der Waals surface area contributed by atoms with Crippen molar-refractivity contribution >= 4 is 56.6 Å². The zero-order valence-electron chi connectivity index (χ0n) is 22.8. The van der Waals surface area contributed by atoms with E-state index < -0.39 is 32.7 Å². The number of anilines is 2. The van der Waals surface area contributed by atoms with Gasteiger partial charge >= 0.3 is 6.18 Å². The fourth-order valence-corrected chi connectivity index (χ4v) is 7.10. The third kappa shape index (κ3) is 7.37. The molecule has 0 spiro atoms. The second kappa shape index (κ2) is 12.9. The minimum absolute atomic E-state index is 0.0673. The lowest BCUT2D eigenvalue weighted by Crippen LogP contribution is -2.30. The van der Waals surface area contributed by atoms with Crippen LogP contribution in [-0.4, -0.2) is 37.4 Å². The number of alkyl halides is 3. The standard InChI is InChI=1S/C31H25ClF3N3O4S2/c32-27-15-12-24(18-26(27)31(33,34)35)37-44(41,42)25-13-10-23(11-14-25)36-29(40)21-6-8-22(9-7-21)30-38(28(39)19-43-30)17-16-20-4-2-1-3-5-20/h1-15,18,30,37H,16-17,19H2,(H,36,40)/t30-/m1/s1. The normalized spacial score (nSPS) is 15.3. The van der Waals surface area contributed by atoms with Gasteiger partial charge in [0.15, 0.2) is 0 Å². The molecule has 1 aliphatic heterocycles. The molecule has 0 bridgehead atoms. The molecule has 1 atom stereocenters. The number of nitrogens with zero attached hydrogens (tertiary/aromatic N) is 1. The van der Waals surface area contributed by atoms with E-state index in [0.29, 0.717) is 29.6 Å². The summed E-state index contributed by atoms with van der Waals surface area (Å²) in [5, 5.41) is 1.99. The third-order valence-corrected chi connectivity index (χ3v) is 9.84. The number of halogens is 4. The van der Waals surface area contributed by atoms with Crippen LogP contribution >= 0.6 is 23.4 Å². The van der Waals surface area contributed by atoms with Crippen LogP contribution in [0.2, 0.25) is 5.02 Å². The average molecular weight is 660 g/mol. The SMILES string of the molecule is O=C(Nc1ccc(S(=O)(=O)Nc2ccc(Cl)c(C(F)(F)F)c2)cc1)c1ccc([C@H]2SCC(=O)N2CCc2ccccc2)cc1. The van der Waals surface area contributed by atoms with E-state index in [0.717, 1.165) is 29.7 Å². The van der Waals surface area contributed by atoms with Crippen molar-refractivity contribution in [3.05, 3.63) is 124 Å². The highest BCUT2D eigenvalue weighted by Gasteiger charge is 2.34. The Morgan fingerprint density at radius 3 is 2.25 bits per heavy atom. The molecule has 2 N–H and O–H groups in total. The number of carbonyl (C=O) groups is 2. The van der Waals surface area contributed by atoms with E-state index in [9.17, 15) is 31.2 Å². The lowest BCUT2D eigenvalue weighted by Gasteiger charge is -2.24. The quantitative estimate of drug-likeness (QED) is 0.198. The molecule has 13 heteroatoms. The number of sulfonamides is 1. The summed E-state index contributed by atoms with van der Waals surface area (Å²) in [6.45, 7) is 0.582. The lowest BCUT2D eigenvalue weighted by atomic mass is 10.1. The second-order valence-corrected chi connectivity index (χ2v) is 13.0. The predicted molar refractivity (Wildman–Crippen MR) is 165 cm³/mol. The zero-order chi connectivity index (χ0) is 31.5. The molecule has 1 fully saturated rings. The highest BCUT2D eigenvalue weighted by atomic mass is 35.5. The van der Waals surface area contributed by atoms with Crippen molar-refractivity contribution in [2.45, 2.75) is 22.9 Å². The molecule has 0 saturated carbocycles. The molecule has 4 aromatic carbocycles. The van der Waals surface area contributed by atoms with E-state index in [2.05, 4.69) is 10.0 Å². The summed E-state index contributed by atoms with van der Waals surface area (Å²) >= 11 is 7.14. The molecule has 0 unspecified atom stereocenters. The van der Waals surface area contributed by atoms with Gasteiger partial charge in [-0.3, -0.25) is 14.3 Å². The highest BCUT2D eigenvalue weighted by molar-refractivity contribution is 8.00. The van der Waals surface area contributed by atoms with Gasteiger partial charge in [0, 0.05) is 23.5 Å². The maximum absolute atomic E-state index is 13.1. The van der Waals surface area contributed by atoms with E-state index in [4.69, 9.17) is 11.6 Å². The third-order valence-electron chi connectivity index (χ3n) is 6.86. The number of thioether (sulfide) groups is 1. The average Bonchev–Trinajstić information content (AvgIpc) is 3.37. The largest absolute Gasteiger partial charge is 0.417 e. The Morgan fingerprint density at radius 1 is 0.932 bits per heavy atom. The smallest absolute Gasteiger partial charge is 0.326 e. The topological polar surface area (TPSA) is 95.6 Å². The van der Waals surface area contributed by atoms with Crippen LogP contribution in [0.5, 0.6) is 0 Å². The van der Waals surface area contributed by atoms with Crippen LogP contribution in [0.3, 0.4) is 0 Å². The number of benzene rings is 4. The van der Waals surface area contributed by atoms with Crippen LogP contribution in [0.1, 0.15) is 32.4 Å². The summed E-state index contributed by atoms with van der Waals surface area (Å²) in [5.74, 6) is 0.0249. The van der Waals surface area contributed by atoms with Crippen molar-refractivity contribution < 1.29 is 31.2 Å². The molecule has 1 aliphatic rings. The summed E-state index contributed by atoms with van der Waals surface area (Å²) in [6.07, 6.45) is -4.02. The second-order valence-electron chi connectivity index (χ2n) is 9.88. The summed E-state index contributed by atoms with van der Waals surface area (Å²) in [5.41, 5.74) is 1.25. The fourth-order valence-electron chi connectivity index (χ4n) is 4.61. The van der Waals surface area contributed by atoms with Gasteiger partial charge in [0.2, 0.25) is 5.91 Å². The van der Waals surface area contributed by atoms with Crippen LogP contribution in [0.25, 0.3) is 0 Å². The van der Waals surface area contributed by atoms with Crippen LogP contribution in [0.4, 0.5) is 24.5 Å². The van der Waals surface area contributed by atoms with Crippen molar-refractivity contribution in [3.63, 3.8) is 0 Å². The monoisotopic (exact) mass is 659 g/mol. The predicted octanol–water partition coefficient (Wildman–Crippen LogP) is 7.23. The van der Waals surface area contributed by atoms with Crippen LogP contribution in [0, 0.1) is 0 Å². The Hall–Kier alpha value is -4.00. The van der Waals surface area contributed by atoms with E-state index in [1.165, 1.54) is 36.0 Å². The molecule has 0 aliphatic carbocycles. The minimum Gasteiger partial charge on any atom is -0.326 e. The van der Waals surface area contributed by atoms with Crippen LogP contribution in [-0.2, 0) is 27.4 Å². The fraction of sp³-hybridized carbons (Fsp3) is 0.161. The first kappa shape index (κ1) is 31.4. The van der Waals surface area contributed by atoms with Crippen molar-refractivity contribution in [3.8, 4) is 0 Å². The van der Waals surface area contributed by atoms with E-state index in [1.54, 1.807) is 12.1 Å². The van der Waals surface area contributed by atoms with Gasteiger partial charge in [0.25, 0.3) is 15.9 Å². The number of carbonyl (C=O) groups excluding carboxylic acids is 2. The maximum Gasteiger partial charge on any atom is 0.417 e. The summed E-state index contributed by atoms with van der Waals surface area (Å²) < 4.78 is 67.1. The Morgan fingerprint density at radius 2 is 1.59 bits per heavy atom. The Bertz CT molecular complexity index is 1770. The molecule has 228 valence electrons. The van der Waals surface area contributed by atoms with Gasteiger partial charge in [-0.2, -0.15) is 13.2 Å². The molecular weight excluding hydrogens is 635 g/mol. The minimum atomic E-state index is -4.75. The molecule has 1 heterocycles. The Kier molecular flexibility index (Phi) is 9.23. The first-order valence-electron chi connectivity index (χ1n) is 13.3. The number of rotatable bonds is 9. The molecule has 4 aromatic rings. The summed E-state index contributed by atoms with van der Waals surface area (Å²) in [4.78, 5) is 27.0. The molecule has 7 nitrogen and oxygen atoms in total. The first-order valence-corrected chi connectivity index (χ1v) is 16.2. The van der Waals surface area contributed by atoms with Crippen molar-refractivity contribution in [1.82, 2.24) is 4.90 Å². The van der Waals surface area contributed by atoms with E-state index >= 15 is 0 Å². The summed E-state index contributed by atoms with van der Waals surface area (Å²) in [6, 6.07) is 24.8. The highest BCUT2D eigenvalue weighted by Crippen LogP contribution is 2.39. The maximum atomic E-state index is 13.1. The number of hydrogen-bond donors (Lipinski definition) is 2. The molecule has 0 aromatic heterocycles. The molecule has 5 rings (SSSR count). The first-order chi connectivity index (χ1) is 20.9. The Balaban J connectivity index is 1.21. The van der Waals surface area contributed by atoms with Gasteiger partial charge in [0.1, 0.15) is 5.37 Å². The molecule has 0 radical (unpaired) electrons. The van der Waals surface area contributed by atoms with Crippen LogP contribution < -0.4 is 10.0 Å². The van der Waals surface area contributed by atoms with Crippen molar-refractivity contribution in [1.29, 1.82) is 0 Å². The molecule has 1 saturated heterocycles. The van der Waals surface area contributed by atoms with Crippen molar-refractivity contribution in [2.75, 3.05) is 22.3 Å².